The van der Waals surface area contributed by atoms with Crippen LogP contribution in [0.2, 0.25) is 0 Å². The van der Waals surface area contributed by atoms with E-state index in [1.807, 2.05) is 0 Å². The summed E-state index contributed by atoms with van der Waals surface area (Å²) in [7, 11) is 2.12. The van der Waals surface area contributed by atoms with Gasteiger partial charge in [-0.2, -0.15) is 13.1 Å². The Kier molecular flexibility index (Phi) is 20.0. The fourth-order valence-corrected chi connectivity index (χ4v) is 0.960. The van der Waals surface area contributed by atoms with E-state index in [0.29, 0.717) is 0 Å². The summed E-state index contributed by atoms with van der Waals surface area (Å²) in [5.74, 6) is 0. The van der Waals surface area contributed by atoms with Gasteiger partial charge in [0.1, 0.15) is 0 Å². The maximum atomic E-state index is 4.31. The van der Waals surface area contributed by atoms with Crippen LogP contribution in [0.5, 0.6) is 0 Å². The topological polar surface area (TPSA) is 31.4 Å². The monoisotopic (exact) mass is 261 g/mol. The van der Waals surface area contributed by atoms with Gasteiger partial charge < -0.3 is 15.5 Å². The van der Waals surface area contributed by atoms with E-state index in [2.05, 4.69) is 22.6 Å². The molecular formula is C7H17Cl2N3Ti. The minimum Gasteiger partial charge on any atom is -0.663 e. The van der Waals surface area contributed by atoms with Crippen molar-refractivity contribution in [1.82, 2.24) is 4.90 Å². The third kappa shape index (κ3) is 11.1. The van der Waals surface area contributed by atoms with Crippen LogP contribution in [0.1, 0.15) is 0 Å². The molecule has 3 nitrogen and oxygen atoms in total. The number of likely N-dealkylation sites (N-methyl/N-ethyl adjacent to an activating group) is 1. The number of rotatable bonds is 0. The third-order valence-corrected chi connectivity index (χ3v) is 1.70. The molecule has 0 aromatic carbocycles. The number of hydrogen-bond donors (Lipinski definition) is 0. The summed E-state index contributed by atoms with van der Waals surface area (Å²) in [5.41, 5.74) is 0. The second-order valence-corrected chi connectivity index (χ2v) is 2.64. The maximum Gasteiger partial charge on any atom is 2.00 e. The van der Waals surface area contributed by atoms with Crippen LogP contribution in [0.25, 0.3) is 10.6 Å². The van der Waals surface area contributed by atoms with Gasteiger partial charge in [0.25, 0.3) is 0 Å². The van der Waals surface area contributed by atoms with E-state index in [9.17, 15) is 0 Å². The Labute approximate surface area is 108 Å². The van der Waals surface area contributed by atoms with Crippen molar-refractivity contribution < 1.29 is 21.7 Å². The van der Waals surface area contributed by atoms with Gasteiger partial charge in [0.2, 0.25) is 0 Å². The zero-order chi connectivity index (χ0) is 7.23. The van der Waals surface area contributed by atoms with Crippen molar-refractivity contribution in [3.63, 3.8) is 0 Å². The molecule has 0 aromatic heterocycles. The minimum absolute atomic E-state index is 0. The molecule has 0 N–H and O–H groups in total. The van der Waals surface area contributed by atoms with Crippen molar-refractivity contribution >= 4 is 24.8 Å². The molecule has 1 fully saturated rings. The van der Waals surface area contributed by atoms with Crippen molar-refractivity contribution in [3.8, 4) is 0 Å². The normalized spacial score (nSPS) is 19.2. The van der Waals surface area contributed by atoms with Crippen molar-refractivity contribution in [2.75, 3.05) is 46.3 Å². The molecule has 1 aliphatic heterocycles. The summed E-state index contributed by atoms with van der Waals surface area (Å²) in [6, 6.07) is 0. The molecule has 0 spiro atoms. The summed E-state index contributed by atoms with van der Waals surface area (Å²) in [6.45, 7) is 5.99. The summed E-state index contributed by atoms with van der Waals surface area (Å²) in [5, 5.41) is 8.61. The summed E-state index contributed by atoms with van der Waals surface area (Å²) >= 11 is 0. The molecule has 0 aromatic rings. The van der Waals surface area contributed by atoms with E-state index < -0.39 is 0 Å². The van der Waals surface area contributed by atoms with Crippen LogP contribution in [0.3, 0.4) is 0 Å². The minimum atomic E-state index is 0. The largest absolute Gasteiger partial charge is 2.00 e. The van der Waals surface area contributed by atoms with Gasteiger partial charge in [-0.15, -0.1) is 37.9 Å². The molecule has 0 unspecified atom stereocenters. The van der Waals surface area contributed by atoms with Crippen LogP contribution >= 0.6 is 24.8 Å². The molecule has 78 valence electrons. The Morgan fingerprint density at radius 3 is 1.62 bits per heavy atom. The smallest absolute Gasteiger partial charge is 0.663 e. The van der Waals surface area contributed by atoms with Crippen molar-refractivity contribution in [1.29, 1.82) is 0 Å². The number of hydrogen-bond acceptors (Lipinski definition) is 1. The second-order valence-electron chi connectivity index (χ2n) is 2.64. The predicted octanol–water partition coefficient (Wildman–Crippen LogP) is 1.52. The van der Waals surface area contributed by atoms with E-state index in [4.69, 9.17) is 0 Å². The second kappa shape index (κ2) is 13.2. The zero-order valence-electron chi connectivity index (χ0n) is 7.90. The molecule has 0 radical (unpaired) electrons. The van der Waals surface area contributed by atoms with Gasteiger partial charge in [0.15, 0.2) is 0 Å². The molecular weight excluding hydrogens is 245 g/mol. The van der Waals surface area contributed by atoms with Gasteiger partial charge in [0.05, 0.1) is 0 Å². The van der Waals surface area contributed by atoms with Crippen molar-refractivity contribution in [3.05, 3.63) is 10.6 Å². The van der Waals surface area contributed by atoms with Crippen LogP contribution in [-0.4, -0.2) is 51.2 Å². The standard InChI is InChI=1S/C7H15N3.2ClH.Ti/c1-10-6-4-8-2-3-9-5-7-10;;;/h2-7H2,1H3;2*1H;/q-2;;;+2. The first kappa shape index (κ1) is 19.7. The first-order chi connectivity index (χ1) is 4.89. The van der Waals surface area contributed by atoms with Gasteiger partial charge >= 0.3 is 21.7 Å². The van der Waals surface area contributed by atoms with E-state index in [0.717, 1.165) is 39.3 Å². The number of halogens is 2. The maximum absolute atomic E-state index is 4.31. The van der Waals surface area contributed by atoms with E-state index in [-0.39, 0.29) is 46.5 Å². The Morgan fingerprint density at radius 1 is 0.846 bits per heavy atom. The SMILES string of the molecule is CN1CC[N-]CC[N-]CC1.Cl.Cl.[Ti+2]. The van der Waals surface area contributed by atoms with Crippen molar-refractivity contribution in [2.24, 2.45) is 0 Å². The van der Waals surface area contributed by atoms with Gasteiger partial charge in [-0.1, -0.05) is 0 Å². The Morgan fingerprint density at radius 2 is 1.23 bits per heavy atom. The molecule has 1 rings (SSSR count). The number of nitrogens with zero attached hydrogens (tertiary/aromatic N) is 3. The molecule has 0 atom stereocenters. The summed E-state index contributed by atoms with van der Waals surface area (Å²) in [4.78, 5) is 2.28. The van der Waals surface area contributed by atoms with Crippen LogP contribution in [0.4, 0.5) is 0 Å². The van der Waals surface area contributed by atoms with Gasteiger partial charge in [-0.25, -0.2) is 0 Å². The average molecular weight is 262 g/mol. The van der Waals surface area contributed by atoms with Crippen LogP contribution in [0.15, 0.2) is 0 Å². The van der Waals surface area contributed by atoms with Gasteiger partial charge in [-0.3, -0.25) is 0 Å². The fraction of sp³-hybridized carbons (Fsp3) is 1.00. The van der Waals surface area contributed by atoms with Crippen LogP contribution in [-0.2, 0) is 21.7 Å². The van der Waals surface area contributed by atoms with E-state index >= 15 is 0 Å². The molecule has 0 saturated carbocycles. The summed E-state index contributed by atoms with van der Waals surface area (Å²) in [6.07, 6.45) is 0. The first-order valence-corrected chi connectivity index (χ1v) is 3.84. The van der Waals surface area contributed by atoms with Gasteiger partial charge in [-0.05, 0) is 20.1 Å². The van der Waals surface area contributed by atoms with Crippen LogP contribution < -0.4 is 0 Å². The van der Waals surface area contributed by atoms with Gasteiger partial charge in [0, 0.05) is 0 Å². The molecule has 1 saturated heterocycles. The Balaban J connectivity index is -0.000000333. The molecule has 1 heterocycles. The Bertz CT molecular complexity index is 87.8. The predicted molar refractivity (Wildman–Crippen MR) is 58.2 cm³/mol. The van der Waals surface area contributed by atoms with Crippen molar-refractivity contribution in [2.45, 2.75) is 0 Å². The molecule has 1 aliphatic rings. The molecule has 0 bridgehead atoms. The summed E-state index contributed by atoms with van der Waals surface area (Å²) < 4.78 is 0. The Hall–Kier alpha value is 1.17. The molecule has 13 heavy (non-hydrogen) atoms. The average Bonchev–Trinajstić information content (AvgIpc) is 2.02. The first-order valence-electron chi connectivity index (χ1n) is 3.84. The van der Waals surface area contributed by atoms with E-state index in [1.54, 1.807) is 0 Å². The molecule has 6 heteroatoms. The third-order valence-electron chi connectivity index (χ3n) is 1.70. The molecule has 0 amide bonds. The fourth-order valence-electron chi connectivity index (χ4n) is 0.960. The van der Waals surface area contributed by atoms with E-state index in [1.165, 1.54) is 0 Å². The zero-order valence-corrected chi connectivity index (χ0v) is 11.1. The quantitative estimate of drug-likeness (QED) is 0.609. The van der Waals surface area contributed by atoms with Crippen LogP contribution in [0, 0.1) is 0 Å². The molecule has 0 aliphatic carbocycles.